The van der Waals surface area contributed by atoms with Gasteiger partial charge in [0.2, 0.25) is 0 Å². The minimum absolute atomic E-state index is 0.277. The molecule has 0 aliphatic heterocycles. The largest absolute Gasteiger partial charge is 0.497 e. The van der Waals surface area contributed by atoms with Crippen molar-refractivity contribution < 1.29 is 4.74 Å². The molecule has 0 saturated heterocycles. The van der Waals surface area contributed by atoms with Gasteiger partial charge >= 0.3 is 0 Å². The van der Waals surface area contributed by atoms with Crippen molar-refractivity contribution in [3.63, 3.8) is 0 Å². The fourth-order valence-corrected chi connectivity index (χ4v) is 1.96. The highest BCUT2D eigenvalue weighted by atomic mass is 16.5. The fourth-order valence-electron chi connectivity index (χ4n) is 1.96. The number of pyridine rings is 1. The molecule has 0 fully saturated rings. The van der Waals surface area contributed by atoms with Gasteiger partial charge in [-0.2, -0.15) is 0 Å². The lowest BCUT2D eigenvalue weighted by atomic mass is 10.1. The van der Waals surface area contributed by atoms with Gasteiger partial charge in [0.25, 0.3) is 0 Å². The Kier molecular flexibility index (Phi) is 4.93. The summed E-state index contributed by atoms with van der Waals surface area (Å²) in [6.45, 7) is 3.07. The first-order valence-corrected chi connectivity index (χ1v) is 6.57. The molecule has 1 heterocycles. The molecule has 100 valence electrons. The number of hydrogen-bond donors (Lipinski definition) is 1. The van der Waals surface area contributed by atoms with E-state index in [1.807, 2.05) is 36.5 Å². The van der Waals surface area contributed by atoms with Crippen molar-refractivity contribution in [3.05, 3.63) is 59.9 Å². The van der Waals surface area contributed by atoms with Crippen molar-refractivity contribution in [2.45, 2.75) is 19.4 Å². The molecule has 19 heavy (non-hydrogen) atoms. The predicted molar refractivity (Wildman–Crippen MR) is 77.4 cm³/mol. The van der Waals surface area contributed by atoms with E-state index < -0.39 is 0 Å². The van der Waals surface area contributed by atoms with Crippen LogP contribution < -0.4 is 10.1 Å². The zero-order valence-corrected chi connectivity index (χ0v) is 11.5. The average molecular weight is 256 g/mol. The summed E-state index contributed by atoms with van der Waals surface area (Å²) in [7, 11) is 1.69. The molecule has 1 aromatic heterocycles. The second-order valence-corrected chi connectivity index (χ2v) is 4.53. The number of nitrogens with one attached hydrogen (secondary N) is 1. The van der Waals surface area contributed by atoms with E-state index in [-0.39, 0.29) is 6.04 Å². The van der Waals surface area contributed by atoms with Crippen LogP contribution in [-0.4, -0.2) is 18.6 Å². The molecule has 0 saturated carbocycles. The predicted octanol–water partition coefficient (Wildman–Crippen LogP) is 2.98. The SMILES string of the molecule is COc1ccc(CCNC(C)c2ccccn2)cc1. The molecule has 0 aliphatic rings. The van der Waals surface area contributed by atoms with Gasteiger partial charge in [0, 0.05) is 12.2 Å². The summed E-state index contributed by atoms with van der Waals surface area (Å²) in [5.41, 5.74) is 2.39. The van der Waals surface area contributed by atoms with Crippen LogP contribution in [0.2, 0.25) is 0 Å². The van der Waals surface area contributed by atoms with Crippen LogP contribution in [0.3, 0.4) is 0 Å². The number of nitrogens with zero attached hydrogens (tertiary/aromatic N) is 1. The Balaban J connectivity index is 1.79. The highest BCUT2D eigenvalue weighted by Gasteiger charge is 2.04. The zero-order valence-electron chi connectivity index (χ0n) is 11.5. The standard InChI is InChI=1S/C16H20N2O/c1-13(16-5-3-4-11-18-16)17-12-10-14-6-8-15(19-2)9-7-14/h3-9,11,13,17H,10,12H2,1-2H3. The lowest BCUT2D eigenvalue weighted by molar-refractivity contribution is 0.414. The molecule has 1 N–H and O–H groups in total. The van der Waals surface area contributed by atoms with Gasteiger partial charge in [0.15, 0.2) is 0 Å². The van der Waals surface area contributed by atoms with Gasteiger partial charge in [-0.3, -0.25) is 4.98 Å². The van der Waals surface area contributed by atoms with E-state index in [0.29, 0.717) is 0 Å². The van der Waals surface area contributed by atoms with E-state index in [0.717, 1.165) is 24.4 Å². The summed E-state index contributed by atoms with van der Waals surface area (Å²) >= 11 is 0. The van der Waals surface area contributed by atoms with Gasteiger partial charge < -0.3 is 10.1 Å². The summed E-state index contributed by atoms with van der Waals surface area (Å²) in [6, 6.07) is 14.5. The third-order valence-corrected chi connectivity index (χ3v) is 3.15. The van der Waals surface area contributed by atoms with Crippen LogP contribution in [0.15, 0.2) is 48.7 Å². The fraction of sp³-hybridized carbons (Fsp3) is 0.312. The van der Waals surface area contributed by atoms with Gasteiger partial charge in [-0.05, 0) is 49.7 Å². The number of benzene rings is 1. The van der Waals surface area contributed by atoms with Crippen molar-refractivity contribution in [3.8, 4) is 5.75 Å². The molecule has 0 spiro atoms. The molecule has 3 nitrogen and oxygen atoms in total. The van der Waals surface area contributed by atoms with Crippen LogP contribution >= 0.6 is 0 Å². The number of rotatable bonds is 6. The molecule has 1 atom stereocenters. The number of methoxy groups -OCH3 is 1. The monoisotopic (exact) mass is 256 g/mol. The molecule has 1 unspecified atom stereocenters. The zero-order chi connectivity index (χ0) is 13.5. The van der Waals surface area contributed by atoms with Crippen molar-refractivity contribution >= 4 is 0 Å². The van der Waals surface area contributed by atoms with Crippen LogP contribution in [0.4, 0.5) is 0 Å². The van der Waals surface area contributed by atoms with Crippen LogP contribution in [0.1, 0.15) is 24.2 Å². The Labute approximate surface area is 114 Å². The Bertz CT molecular complexity index is 482. The van der Waals surface area contributed by atoms with Crippen LogP contribution in [0.25, 0.3) is 0 Å². The van der Waals surface area contributed by atoms with E-state index in [9.17, 15) is 0 Å². The number of aromatic nitrogens is 1. The summed E-state index contributed by atoms with van der Waals surface area (Å²) in [5, 5.41) is 3.48. The van der Waals surface area contributed by atoms with E-state index in [4.69, 9.17) is 4.74 Å². The molecule has 0 bridgehead atoms. The van der Waals surface area contributed by atoms with E-state index in [1.54, 1.807) is 7.11 Å². The first-order chi connectivity index (χ1) is 9.29. The van der Waals surface area contributed by atoms with Crippen LogP contribution in [-0.2, 0) is 6.42 Å². The van der Waals surface area contributed by atoms with Crippen molar-refractivity contribution in [2.75, 3.05) is 13.7 Å². The van der Waals surface area contributed by atoms with Crippen LogP contribution in [0.5, 0.6) is 5.75 Å². The minimum atomic E-state index is 0.277. The lowest BCUT2D eigenvalue weighted by Crippen LogP contribution is -2.22. The molecule has 2 aromatic rings. The second-order valence-electron chi connectivity index (χ2n) is 4.53. The maximum atomic E-state index is 5.15. The Morgan fingerprint density at radius 3 is 2.58 bits per heavy atom. The normalized spacial score (nSPS) is 12.1. The lowest BCUT2D eigenvalue weighted by Gasteiger charge is -2.13. The summed E-state index contributed by atoms with van der Waals surface area (Å²) in [4.78, 5) is 4.35. The Hall–Kier alpha value is -1.87. The molecular formula is C16H20N2O. The summed E-state index contributed by atoms with van der Waals surface area (Å²) < 4.78 is 5.15. The Morgan fingerprint density at radius 2 is 1.95 bits per heavy atom. The third kappa shape index (κ3) is 4.07. The second kappa shape index (κ2) is 6.90. The number of hydrogen-bond acceptors (Lipinski definition) is 3. The molecule has 1 aromatic carbocycles. The smallest absolute Gasteiger partial charge is 0.118 e. The Morgan fingerprint density at radius 1 is 1.16 bits per heavy atom. The topological polar surface area (TPSA) is 34.1 Å². The van der Waals surface area contributed by atoms with Gasteiger partial charge in [-0.25, -0.2) is 0 Å². The van der Waals surface area contributed by atoms with E-state index in [1.165, 1.54) is 5.56 Å². The molecule has 3 heteroatoms. The first kappa shape index (κ1) is 13.6. The van der Waals surface area contributed by atoms with Gasteiger partial charge in [0.1, 0.15) is 5.75 Å². The summed E-state index contributed by atoms with van der Waals surface area (Å²) in [6.07, 6.45) is 2.83. The van der Waals surface area contributed by atoms with Gasteiger partial charge in [-0.1, -0.05) is 18.2 Å². The van der Waals surface area contributed by atoms with Crippen molar-refractivity contribution in [2.24, 2.45) is 0 Å². The quantitative estimate of drug-likeness (QED) is 0.862. The van der Waals surface area contributed by atoms with Gasteiger partial charge in [-0.15, -0.1) is 0 Å². The molecule has 0 aliphatic carbocycles. The van der Waals surface area contributed by atoms with Gasteiger partial charge in [0.05, 0.1) is 12.8 Å². The molecular weight excluding hydrogens is 236 g/mol. The molecule has 0 radical (unpaired) electrons. The molecule has 0 amide bonds. The van der Waals surface area contributed by atoms with E-state index in [2.05, 4.69) is 29.4 Å². The van der Waals surface area contributed by atoms with Crippen molar-refractivity contribution in [1.29, 1.82) is 0 Å². The minimum Gasteiger partial charge on any atom is -0.497 e. The highest BCUT2D eigenvalue weighted by molar-refractivity contribution is 5.27. The molecule has 2 rings (SSSR count). The van der Waals surface area contributed by atoms with Crippen molar-refractivity contribution in [1.82, 2.24) is 10.3 Å². The number of ether oxygens (including phenoxy) is 1. The van der Waals surface area contributed by atoms with E-state index >= 15 is 0 Å². The first-order valence-electron chi connectivity index (χ1n) is 6.57. The highest BCUT2D eigenvalue weighted by Crippen LogP contribution is 2.12. The third-order valence-electron chi connectivity index (χ3n) is 3.15. The summed E-state index contributed by atoms with van der Waals surface area (Å²) in [5.74, 6) is 0.901. The van der Waals surface area contributed by atoms with Crippen LogP contribution in [0, 0.1) is 0 Å². The maximum absolute atomic E-state index is 5.15. The average Bonchev–Trinajstić information content (AvgIpc) is 2.49. The maximum Gasteiger partial charge on any atom is 0.118 e.